The van der Waals surface area contributed by atoms with Crippen molar-refractivity contribution in [1.29, 1.82) is 0 Å². The lowest BCUT2D eigenvalue weighted by atomic mass is 9.95. The summed E-state index contributed by atoms with van der Waals surface area (Å²) in [5, 5.41) is 0. The SMILES string of the molecule is CCOc1ccc(S(=O)(=O)N2CCC(C(=O)N3CCCCC3)CC2)cc1C. The minimum atomic E-state index is -3.54. The van der Waals surface area contributed by atoms with Gasteiger partial charge < -0.3 is 9.64 Å². The lowest BCUT2D eigenvalue weighted by Gasteiger charge is -2.35. The van der Waals surface area contributed by atoms with E-state index in [9.17, 15) is 13.2 Å². The molecule has 0 aromatic heterocycles. The first kappa shape index (κ1) is 20.1. The van der Waals surface area contributed by atoms with Gasteiger partial charge in [-0.1, -0.05) is 0 Å². The van der Waals surface area contributed by atoms with Crippen LogP contribution in [0.5, 0.6) is 5.75 Å². The molecule has 7 heteroatoms. The second kappa shape index (κ2) is 8.61. The number of piperidine rings is 2. The number of likely N-dealkylation sites (tertiary alicyclic amines) is 1. The minimum absolute atomic E-state index is 0.0448. The van der Waals surface area contributed by atoms with Crippen LogP contribution in [0.4, 0.5) is 0 Å². The predicted molar refractivity (Wildman–Crippen MR) is 104 cm³/mol. The number of benzene rings is 1. The zero-order chi connectivity index (χ0) is 19.4. The number of hydrogen-bond acceptors (Lipinski definition) is 4. The summed E-state index contributed by atoms with van der Waals surface area (Å²) in [4.78, 5) is 14.9. The molecule has 0 bridgehead atoms. The van der Waals surface area contributed by atoms with E-state index in [1.54, 1.807) is 18.2 Å². The maximum Gasteiger partial charge on any atom is 0.243 e. The molecule has 2 saturated heterocycles. The van der Waals surface area contributed by atoms with Crippen molar-refractivity contribution in [2.24, 2.45) is 5.92 Å². The van der Waals surface area contributed by atoms with Gasteiger partial charge in [0.1, 0.15) is 5.75 Å². The molecule has 27 heavy (non-hydrogen) atoms. The fraction of sp³-hybridized carbons (Fsp3) is 0.650. The van der Waals surface area contributed by atoms with E-state index in [-0.39, 0.29) is 11.8 Å². The normalized spacial score (nSPS) is 19.9. The Morgan fingerprint density at radius 1 is 1.11 bits per heavy atom. The van der Waals surface area contributed by atoms with Crippen LogP contribution in [-0.4, -0.2) is 56.3 Å². The van der Waals surface area contributed by atoms with Gasteiger partial charge in [0, 0.05) is 32.1 Å². The van der Waals surface area contributed by atoms with Crippen molar-refractivity contribution in [2.75, 3.05) is 32.8 Å². The van der Waals surface area contributed by atoms with Gasteiger partial charge in [-0.2, -0.15) is 4.31 Å². The molecule has 0 spiro atoms. The maximum atomic E-state index is 13.0. The molecule has 1 amide bonds. The molecule has 2 aliphatic rings. The van der Waals surface area contributed by atoms with Crippen molar-refractivity contribution in [3.05, 3.63) is 23.8 Å². The Hall–Kier alpha value is -1.60. The van der Waals surface area contributed by atoms with E-state index in [2.05, 4.69) is 0 Å². The van der Waals surface area contributed by atoms with Crippen molar-refractivity contribution in [3.8, 4) is 5.75 Å². The van der Waals surface area contributed by atoms with E-state index in [1.807, 2.05) is 18.7 Å². The molecule has 2 heterocycles. The van der Waals surface area contributed by atoms with Crippen LogP contribution >= 0.6 is 0 Å². The van der Waals surface area contributed by atoms with Crippen molar-refractivity contribution in [3.63, 3.8) is 0 Å². The van der Waals surface area contributed by atoms with Gasteiger partial charge >= 0.3 is 0 Å². The largest absolute Gasteiger partial charge is 0.494 e. The number of hydrogen-bond donors (Lipinski definition) is 0. The van der Waals surface area contributed by atoms with Gasteiger partial charge in [0.25, 0.3) is 0 Å². The summed E-state index contributed by atoms with van der Waals surface area (Å²) in [6.45, 7) is 6.81. The van der Waals surface area contributed by atoms with Crippen molar-refractivity contribution < 1.29 is 17.9 Å². The van der Waals surface area contributed by atoms with Gasteiger partial charge in [-0.15, -0.1) is 0 Å². The van der Waals surface area contributed by atoms with Crippen LogP contribution in [0.3, 0.4) is 0 Å². The van der Waals surface area contributed by atoms with Gasteiger partial charge in [-0.05, 0) is 69.7 Å². The summed E-state index contributed by atoms with van der Waals surface area (Å²) in [6.07, 6.45) is 4.56. The lowest BCUT2D eigenvalue weighted by molar-refractivity contribution is -0.137. The first-order valence-electron chi connectivity index (χ1n) is 9.96. The molecule has 0 saturated carbocycles. The van der Waals surface area contributed by atoms with E-state index in [1.165, 1.54) is 10.7 Å². The Balaban J connectivity index is 1.64. The summed E-state index contributed by atoms with van der Waals surface area (Å²) in [6, 6.07) is 5.00. The Kier molecular flexibility index (Phi) is 6.42. The minimum Gasteiger partial charge on any atom is -0.494 e. The van der Waals surface area contributed by atoms with E-state index >= 15 is 0 Å². The Morgan fingerprint density at radius 3 is 2.37 bits per heavy atom. The highest BCUT2D eigenvalue weighted by atomic mass is 32.2. The average molecular weight is 395 g/mol. The summed E-state index contributed by atoms with van der Waals surface area (Å²) >= 11 is 0. The molecule has 0 aliphatic carbocycles. The molecule has 3 rings (SSSR count). The standard InChI is InChI=1S/C20H30N2O4S/c1-3-26-19-8-7-18(15-16(19)2)27(24,25)22-13-9-17(10-14-22)20(23)21-11-5-4-6-12-21/h7-8,15,17H,3-6,9-14H2,1-2H3. The smallest absolute Gasteiger partial charge is 0.243 e. The molecule has 0 unspecified atom stereocenters. The Bertz CT molecular complexity index is 764. The molecule has 1 aromatic rings. The number of nitrogens with zero attached hydrogens (tertiary/aromatic N) is 2. The fourth-order valence-electron chi connectivity index (χ4n) is 3.96. The third-order valence-electron chi connectivity index (χ3n) is 5.55. The lowest BCUT2D eigenvalue weighted by Crippen LogP contribution is -2.45. The third-order valence-corrected chi connectivity index (χ3v) is 7.45. The van der Waals surface area contributed by atoms with Crippen LogP contribution in [0.1, 0.15) is 44.6 Å². The summed E-state index contributed by atoms with van der Waals surface area (Å²) in [7, 11) is -3.54. The highest BCUT2D eigenvalue weighted by Crippen LogP contribution is 2.28. The van der Waals surface area contributed by atoms with Gasteiger partial charge in [-0.25, -0.2) is 8.42 Å². The zero-order valence-corrected chi connectivity index (χ0v) is 17.1. The fourth-order valence-corrected chi connectivity index (χ4v) is 5.52. The molecule has 2 fully saturated rings. The zero-order valence-electron chi connectivity index (χ0n) is 16.3. The van der Waals surface area contributed by atoms with E-state index in [4.69, 9.17) is 4.74 Å². The van der Waals surface area contributed by atoms with Crippen LogP contribution < -0.4 is 4.74 Å². The summed E-state index contributed by atoms with van der Waals surface area (Å²) in [5.41, 5.74) is 0.813. The number of sulfonamides is 1. The molecule has 1 aromatic carbocycles. The van der Waals surface area contributed by atoms with E-state index in [0.717, 1.165) is 31.5 Å². The molecule has 2 aliphatic heterocycles. The number of ether oxygens (including phenoxy) is 1. The predicted octanol–water partition coefficient (Wildman–Crippen LogP) is 2.81. The summed E-state index contributed by atoms with van der Waals surface area (Å²) < 4.78 is 33.0. The molecule has 150 valence electrons. The Labute approximate surface area is 162 Å². The molecule has 0 atom stereocenters. The first-order chi connectivity index (χ1) is 12.9. The van der Waals surface area contributed by atoms with Crippen LogP contribution in [0, 0.1) is 12.8 Å². The quantitative estimate of drug-likeness (QED) is 0.770. The molecular weight excluding hydrogens is 364 g/mol. The van der Waals surface area contributed by atoms with E-state index in [0.29, 0.717) is 43.2 Å². The average Bonchev–Trinajstić information content (AvgIpc) is 2.70. The molecular formula is C20H30N2O4S. The number of amides is 1. The summed E-state index contributed by atoms with van der Waals surface area (Å²) in [5.74, 6) is 0.877. The monoisotopic (exact) mass is 394 g/mol. The van der Waals surface area contributed by atoms with Gasteiger partial charge in [0.15, 0.2) is 0 Å². The second-order valence-corrected chi connectivity index (χ2v) is 9.36. The first-order valence-corrected chi connectivity index (χ1v) is 11.4. The van der Waals surface area contributed by atoms with Gasteiger partial charge in [0.05, 0.1) is 11.5 Å². The Morgan fingerprint density at radius 2 is 1.78 bits per heavy atom. The number of aryl methyl sites for hydroxylation is 1. The third kappa shape index (κ3) is 4.46. The van der Waals surface area contributed by atoms with Gasteiger partial charge in [-0.3, -0.25) is 4.79 Å². The number of rotatable bonds is 5. The molecule has 0 N–H and O–H groups in total. The van der Waals surface area contributed by atoms with Crippen molar-refractivity contribution in [1.82, 2.24) is 9.21 Å². The topological polar surface area (TPSA) is 66.9 Å². The highest BCUT2D eigenvalue weighted by molar-refractivity contribution is 7.89. The molecule has 0 radical (unpaired) electrons. The number of carbonyl (C=O) groups excluding carboxylic acids is 1. The van der Waals surface area contributed by atoms with Crippen LogP contribution in [0.2, 0.25) is 0 Å². The van der Waals surface area contributed by atoms with Gasteiger partial charge in [0.2, 0.25) is 15.9 Å². The highest BCUT2D eigenvalue weighted by Gasteiger charge is 2.34. The van der Waals surface area contributed by atoms with Crippen LogP contribution in [0.15, 0.2) is 23.1 Å². The molecule has 6 nitrogen and oxygen atoms in total. The second-order valence-electron chi connectivity index (χ2n) is 7.42. The van der Waals surface area contributed by atoms with Crippen LogP contribution in [-0.2, 0) is 14.8 Å². The van der Waals surface area contributed by atoms with Crippen molar-refractivity contribution in [2.45, 2.75) is 50.8 Å². The van der Waals surface area contributed by atoms with E-state index < -0.39 is 10.0 Å². The maximum absolute atomic E-state index is 13.0. The van der Waals surface area contributed by atoms with Crippen LogP contribution in [0.25, 0.3) is 0 Å². The number of carbonyl (C=O) groups is 1. The van der Waals surface area contributed by atoms with Crippen molar-refractivity contribution >= 4 is 15.9 Å².